The molecule has 1 saturated heterocycles. The van der Waals surface area contributed by atoms with Crippen molar-refractivity contribution in [3.63, 3.8) is 0 Å². The molecule has 0 unspecified atom stereocenters. The zero-order chi connectivity index (χ0) is 20.6. The lowest BCUT2D eigenvalue weighted by molar-refractivity contribution is 0.0930. The summed E-state index contributed by atoms with van der Waals surface area (Å²) in [5, 5.41) is 3.86. The summed E-state index contributed by atoms with van der Waals surface area (Å²) in [7, 11) is 3.15. The molecule has 3 rings (SSSR count). The predicted octanol–water partition coefficient (Wildman–Crippen LogP) is 2.86. The fourth-order valence-corrected chi connectivity index (χ4v) is 3.84. The number of hydrogen-bond acceptors (Lipinski definition) is 7. The van der Waals surface area contributed by atoms with E-state index in [2.05, 4.69) is 20.2 Å². The Morgan fingerprint density at radius 2 is 1.90 bits per heavy atom. The van der Waals surface area contributed by atoms with Crippen LogP contribution in [0.2, 0.25) is 0 Å². The maximum atomic E-state index is 12.6. The molecule has 2 heterocycles. The summed E-state index contributed by atoms with van der Waals surface area (Å²) in [6.45, 7) is 3.50. The van der Waals surface area contributed by atoms with Crippen LogP contribution in [0.25, 0.3) is 0 Å². The third-order valence-electron chi connectivity index (χ3n) is 5.04. The molecule has 1 aromatic heterocycles. The second-order valence-electron chi connectivity index (χ2n) is 7.13. The van der Waals surface area contributed by atoms with E-state index in [0.29, 0.717) is 29.5 Å². The molecule has 0 bridgehead atoms. The summed E-state index contributed by atoms with van der Waals surface area (Å²) < 4.78 is 10.5. The highest BCUT2D eigenvalue weighted by Gasteiger charge is 2.21. The number of benzene rings is 1. The van der Waals surface area contributed by atoms with Gasteiger partial charge in [-0.15, -0.1) is 0 Å². The number of hydrogen-bond donors (Lipinski definition) is 1. The summed E-state index contributed by atoms with van der Waals surface area (Å²) in [6.07, 6.45) is 8.01. The van der Waals surface area contributed by atoms with Gasteiger partial charge in [0.15, 0.2) is 5.16 Å². The van der Waals surface area contributed by atoms with Crippen LogP contribution in [0.15, 0.2) is 35.7 Å². The molecule has 8 heteroatoms. The number of methoxy groups -OCH3 is 2. The second kappa shape index (κ2) is 10.5. The van der Waals surface area contributed by atoms with Crippen LogP contribution in [0.3, 0.4) is 0 Å². The number of nitrogens with one attached hydrogen (secondary N) is 1. The van der Waals surface area contributed by atoms with Crippen LogP contribution in [0.1, 0.15) is 28.8 Å². The van der Waals surface area contributed by atoms with Crippen LogP contribution in [0.4, 0.5) is 0 Å². The maximum absolute atomic E-state index is 12.6. The molecule has 1 atom stereocenters. The van der Waals surface area contributed by atoms with Crippen molar-refractivity contribution >= 4 is 17.7 Å². The molecule has 156 valence electrons. The van der Waals surface area contributed by atoms with E-state index in [1.54, 1.807) is 44.2 Å². The zero-order valence-corrected chi connectivity index (χ0v) is 18.0. The minimum absolute atomic E-state index is 0.111. The van der Waals surface area contributed by atoms with Gasteiger partial charge in [-0.1, -0.05) is 11.8 Å². The summed E-state index contributed by atoms with van der Waals surface area (Å²) in [4.78, 5) is 23.7. The van der Waals surface area contributed by atoms with Gasteiger partial charge in [0.2, 0.25) is 0 Å². The van der Waals surface area contributed by atoms with Crippen molar-refractivity contribution in [2.75, 3.05) is 40.1 Å². The van der Waals surface area contributed by atoms with Crippen molar-refractivity contribution in [3.05, 3.63) is 41.7 Å². The molecular formula is C21H28N4O3S. The first kappa shape index (κ1) is 21.4. The fraction of sp³-hybridized carbons (Fsp3) is 0.476. The van der Waals surface area contributed by atoms with Crippen molar-refractivity contribution in [1.82, 2.24) is 20.2 Å². The number of thioether (sulfide) groups is 1. The molecule has 1 amide bonds. The second-order valence-corrected chi connectivity index (χ2v) is 7.91. The minimum Gasteiger partial charge on any atom is -0.497 e. The normalized spacial score (nSPS) is 17.0. The van der Waals surface area contributed by atoms with E-state index in [-0.39, 0.29) is 5.91 Å². The topological polar surface area (TPSA) is 76.6 Å². The molecule has 1 aromatic carbocycles. The first-order chi connectivity index (χ1) is 14.1. The van der Waals surface area contributed by atoms with Gasteiger partial charge in [0.1, 0.15) is 11.5 Å². The summed E-state index contributed by atoms with van der Waals surface area (Å²) in [5.41, 5.74) is 1.66. The number of ether oxygens (including phenoxy) is 2. The number of likely N-dealkylation sites (tertiary alicyclic amines) is 1. The van der Waals surface area contributed by atoms with Gasteiger partial charge >= 0.3 is 0 Å². The first-order valence-electron chi connectivity index (χ1n) is 9.69. The Hall–Kier alpha value is -2.32. The van der Waals surface area contributed by atoms with Gasteiger partial charge in [0, 0.05) is 49.2 Å². The van der Waals surface area contributed by atoms with Crippen LogP contribution in [-0.4, -0.2) is 60.9 Å². The third-order valence-corrected chi connectivity index (χ3v) is 5.61. The number of carbonyl (C=O) groups excluding carboxylic acids is 1. The van der Waals surface area contributed by atoms with E-state index in [9.17, 15) is 4.79 Å². The Bertz CT molecular complexity index is 794. The molecule has 0 radical (unpaired) electrons. The number of carbonyl (C=O) groups is 1. The minimum atomic E-state index is -0.111. The van der Waals surface area contributed by atoms with Gasteiger partial charge in [0.25, 0.3) is 5.91 Å². The van der Waals surface area contributed by atoms with Crippen molar-refractivity contribution in [2.24, 2.45) is 5.92 Å². The SMILES string of the molecule is COc1cc(OC)cc(C(=O)NC[C@@H]2CCCN(Cc3cnc(SC)nc3)C2)c1. The molecule has 1 N–H and O–H groups in total. The molecule has 2 aromatic rings. The van der Waals surface area contributed by atoms with E-state index in [0.717, 1.165) is 43.2 Å². The summed E-state index contributed by atoms with van der Waals surface area (Å²) in [5.74, 6) is 1.52. The average Bonchev–Trinajstić information content (AvgIpc) is 2.77. The Morgan fingerprint density at radius 3 is 2.52 bits per heavy atom. The van der Waals surface area contributed by atoms with Gasteiger partial charge in [-0.2, -0.15) is 0 Å². The average molecular weight is 417 g/mol. The molecule has 0 aliphatic carbocycles. The third kappa shape index (κ3) is 6.08. The Kier molecular flexibility index (Phi) is 7.71. The summed E-state index contributed by atoms with van der Waals surface area (Å²) in [6, 6.07) is 5.21. The highest BCUT2D eigenvalue weighted by atomic mass is 32.2. The monoisotopic (exact) mass is 416 g/mol. The first-order valence-corrected chi connectivity index (χ1v) is 10.9. The molecule has 1 aliphatic rings. The van der Waals surface area contributed by atoms with Crippen LogP contribution >= 0.6 is 11.8 Å². The standard InChI is InChI=1S/C21H28N4O3S/c1-27-18-7-17(8-19(9-18)28-2)20(26)22-10-15-5-4-6-25(13-15)14-16-11-23-21(29-3)24-12-16/h7-9,11-12,15H,4-6,10,13-14H2,1-3H3,(H,22,26)/t15-/m0/s1. The van der Waals surface area contributed by atoms with E-state index >= 15 is 0 Å². The van der Waals surface area contributed by atoms with E-state index < -0.39 is 0 Å². The van der Waals surface area contributed by atoms with Crippen molar-refractivity contribution in [2.45, 2.75) is 24.5 Å². The number of amides is 1. The molecular weight excluding hydrogens is 388 g/mol. The molecule has 0 saturated carbocycles. The summed E-state index contributed by atoms with van der Waals surface area (Å²) >= 11 is 1.54. The van der Waals surface area contributed by atoms with Gasteiger partial charge in [0.05, 0.1) is 14.2 Å². The number of piperidine rings is 1. The molecule has 7 nitrogen and oxygen atoms in total. The highest BCUT2D eigenvalue weighted by molar-refractivity contribution is 7.98. The molecule has 1 aliphatic heterocycles. The van der Waals surface area contributed by atoms with Gasteiger partial charge in [-0.25, -0.2) is 9.97 Å². The van der Waals surface area contributed by atoms with E-state index in [1.807, 2.05) is 18.6 Å². The Labute approximate surface area is 176 Å². The highest BCUT2D eigenvalue weighted by Crippen LogP contribution is 2.23. The quantitative estimate of drug-likeness (QED) is 0.524. The fourth-order valence-electron chi connectivity index (χ4n) is 3.53. The lowest BCUT2D eigenvalue weighted by atomic mass is 9.97. The van der Waals surface area contributed by atoms with Crippen molar-refractivity contribution in [1.29, 1.82) is 0 Å². The number of rotatable bonds is 8. The van der Waals surface area contributed by atoms with Crippen molar-refractivity contribution in [3.8, 4) is 11.5 Å². The largest absolute Gasteiger partial charge is 0.497 e. The predicted molar refractivity (Wildman–Crippen MR) is 114 cm³/mol. The lowest BCUT2D eigenvalue weighted by Gasteiger charge is -2.32. The molecule has 29 heavy (non-hydrogen) atoms. The van der Waals surface area contributed by atoms with Crippen LogP contribution in [0.5, 0.6) is 11.5 Å². The lowest BCUT2D eigenvalue weighted by Crippen LogP contribution is -2.40. The number of aromatic nitrogens is 2. The van der Waals surface area contributed by atoms with E-state index in [4.69, 9.17) is 9.47 Å². The Balaban J connectivity index is 1.53. The molecule has 0 spiro atoms. The van der Waals surface area contributed by atoms with Gasteiger partial charge in [-0.05, 0) is 43.7 Å². The van der Waals surface area contributed by atoms with Crippen LogP contribution in [0, 0.1) is 5.92 Å². The zero-order valence-electron chi connectivity index (χ0n) is 17.2. The van der Waals surface area contributed by atoms with Crippen LogP contribution < -0.4 is 14.8 Å². The smallest absolute Gasteiger partial charge is 0.251 e. The molecule has 1 fully saturated rings. The van der Waals surface area contributed by atoms with Gasteiger partial charge in [-0.3, -0.25) is 9.69 Å². The van der Waals surface area contributed by atoms with Crippen LogP contribution in [-0.2, 0) is 6.54 Å². The maximum Gasteiger partial charge on any atom is 0.251 e. The Morgan fingerprint density at radius 1 is 1.21 bits per heavy atom. The van der Waals surface area contributed by atoms with Gasteiger partial charge < -0.3 is 14.8 Å². The van der Waals surface area contributed by atoms with Crippen molar-refractivity contribution < 1.29 is 14.3 Å². The number of nitrogens with zero attached hydrogens (tertiary/aromatic N) is 3. The van der Waals surface area contributed by atoms with E-state index in [1.165, 1.54) is 0 Å².